The van der Waals surface area contributed by atoms with Crippen molar-refractivity contribution >= 4 is 11.3 Å². The van der Waals surface area contributed by atoms with Crippen LogP contribution in [0.4, 0.5) is 0 Å². The molecule has 1 unspecified atom stereocenters. The van der Waals surface area contributed by atoms with E-state index in [1.165, 1.54) is 24.1 Å². The minimum Gasteiger partial charge on any atom is -0.311 e. The van der Waals surface area contributed by atoms with E-state index in [0.717, 1.165) is 13.1 Å². The van der Waals surface area contributed by atoms with Crippen LogP contribution in [0.3, 0.4) is 0 Å². The first-order chi connectivity index (χ1) is 8.92. The Labute approximate surface area is 123 Å². The molecular formula is C16H30N2S. The fraction of sp³-hybridized carbons (Fsp3) is 0.750. The first kappa shape index (κ1) is 16.7. The summed E-state index contributed by atoms with van der Waals surface area (Å²) in [4.78, 5) is 4.01. The number of likely N-dealkylation sites (N-methyl/N-ethyl adjacent to an activating group) is 1. The number of thiophene rings is 1. The van der Waals surface area contributed by atoms with Crippen molar-refractivity contribution in [2.24, 2.45) is 0 Å². The van der Waals surface area contributed by atoms with Crippen molar-refractivity contribution < 1.29 is 0 Å². The smallest absolute Gasteiger partial charge is 0.0217 e. The monoisotopic (exact) mass is 282 g/mol. The molecule has 0 amide bonds. The average molecular weight is 282 g/mol. The highest BCUT2D eigenvalue weighted by Gasteiger charge is 2.17. The van der Waals surface area contributed by atoms with Gasteiger partial charge in [-0.1, -0.05) is 19.4 Å². The van der Waals surface area contributed by atoms with Crippen LogP contribution in [0, 0.1) is 0 Å². The van der Waals surface area contributed by atoms with Crippen LogP contribution in [-0.2, 0) is 6.42 Å². The summed E-state index contributed by atoms with van der Waals surface area (Å²) >= 11 is 1.87. The van der Waals surface area contributed by atoms with E-state index < -0.39 is 0 Å². The van der Waals surface area contributed by atoms with Crippen molar-refractivity contribution in [1.29, 1.82) is 0 Å². The predicted molar refractivity (Wildman–Crippen MR) is 87.1 cm³/mol. The molecule has 0 radical (unpaired) electrons. The first-order valence-electron chi connectivity index (χ1n) is 7.40. The van der Waals surface area contributed by atoms with Crippen molar-refractivity contribution in [3.8, 4) is 0 Å². The zero-order chi connectivity index (χ0) is 14.3. The zero-order valence-electron chi connectivity index (χ0n) is 13.2. The van der Waals surface area contributed by atoms with Gasteiger partial charge in [0, 0.05) is 29.5 Å². The Morgan fingerprint density at radius 1 is 1.37 bits per heavy atom. The summed E-state index contributed by atoms with van der Waals surface area (Å²) in [7, 11) is 2.26. The molecule has 1 N–H and O–H groups in total. The highest BCUT2D eigenvalue weighted by atomic mass is 32.1. The van der Waals surface area contributed by atoms with E-state index >= 15 is 0 Å². The molecule has 2 nitrogen and oxygen atoms in total. The van der Waals surface area contributed by atoms with E-state index in [9.17, 15) is 0 Å². The number of hydrogen-bond acceptors (Lipinski definition) is 3. The molecule has 0 aromatic carbocycles. The third-order valence-electron chi connectivity index (χ3n) is 3.40. The number of nitrogens with zero attached hydrogens (tertiary/aromatic N) is 1. The van der Waals surface area contributed by atoms with Crippen LogP contribution in [-0.4, -0.2) is 36.6 Å². The summed E-state index contributed by atoms with van der Waals surface area (Å²) in [5.41, 5.74) is 0.209. The average Bonchev–Trinajstić information content (AvgIpc) is 2.83. The van der Waals surface area contributed by atoms with Crippen LogP contribution >= 0.6 is 11.3 Å². The van der Waals surface area contributed by atoms with Crippen molar-refractivity contribution in [3.05, 3.63) is 22.4 Å². The molecule has 0 saturated carbocycles. The Balaban J connectivity index is 2.40. The molecule has 19 heavy (non-hydrogen) atoms. The molecule has 1 aromatic heterocycles. The topological polar surface area (TPSA) is 15.3 Å². The fourth-order valence-corrected chi connectivity index (χ4v) is 2.86. The SMILES string of the molecule is CCCC(CNC(C)(C)C)N(C)CCc1cccs1. The van der Waals surface area contributed by atoms with Crippen LogP contribution in [0.2, 0.25) is 0 Å². The standard InChI is InChI=1S/C16H30N2S/c1-6-8-14(13-17-16(2,3)4)18(5)11-10-15-9-7-12-19-15/h7,9,12,14,17H,6,8,10-11,13H2,1-5H3. The Bertz CT molecular complexity index is 327. The predicted octanol–water partition coefficient (Wildman–Crippen LogP) is 3.78. The molecule has 1 rings (SSSR count). The number of hydrogen-bond donors (Lipinski definition) is 1. The molecule has 0 aliphatic heterocycles. The third-order valence-corrected chi connectivity index (χ3v) is 4.34. The largest absolute Gasteiger partial charge is 0.311 e. The molecule has 1 atom stereocenters. The maximum Gasteiger partial charge on any atom is 0.0217 e. The van der Waals surface area contributed by atoms with Gasteiger partial charge in [0.05, 0.1) is 0 Å². The Morgan fingerprint density at radius 2 is 2.11 bits per heavy atom. The van der Waals surface area contributed by atoms with Gasteiger partial charge in [0.15, 0.2) is 0 Å². The Kier molecular flexibility index (Phi) is 7.05. The van der Waals surface area contributed by atoms with Gasteiger partial charge in [0.2, 0.25) is 0 Å². The van der Waals surface area contributed by atoms with E-state index in [0.29, 0.717) is 6.04 Å². The highest BCUT2D eigenvalue weighted by Crippen LogP contribution is 2.12. The van der Waals surface area contributed by atoms with Crippen LogP contribution in [0.25, 0.3) is 0 Å². The van der Waals surface area contributed by atoms with Crippen LogP contribution in [0.1, 0.15) is 45.4 Å². The zero-order valence-corrected chi connectivity index (χ0v) is 14.0. The van der Waals surface area contributed by atoms with E-state index in [-0.39, 0.29) is 5.54 Å². The van der Waals surface area contributed by atoms with Crippen LogP contribution in [0.5, 0.6) is 0 Å². The van der Waals surface area contributed by atoms with E-state index in [1.54, 1.807) is 0 Å². The molecule has 1 aromatic rings. The minimum atomic E-state index is 0.209. The van der Waals surface area contributed by atoms with E-state index in [2.05, 4.69) is 62.5 Å². The van der Waals surface area contributed by atoms with Crippen molar-refractivity contribution in [1.82, 2.24) is 10.2 Å². The summed E-state index contributed by atoms with van der Waals surface area (Å²) < 4.78 is 0. The number of nitrogens with one attached hydrogen (secondary N) is 1. The van der Waals surface area contributed by atoms with Crippen LogP contribution in [0.15, 0.2) is 17.5 Å². The molecule has 0 aliphatic rings. The normalized spacial score (nSPS) is 14.0. The van der Waals surface area contributed by atoms with Crippen molar-refractivity contribution in [2.75, 3.05) is 20.1 Å². The molecule has 0 aliphatic carbocycles. The van der Waals surface area contributed by atoms with Gasteiger partial charge >= 0.3 is 0 Å². The fourth-order valence-electron chi connectivity index (χ4n) is 2.16. The molecule has 0 fully saturated rings. The van der Waals surface area contributed by atoms with Gasteiger partial charge in [0.25, 0.3) is 0 Å². The van der Waals surface area contributed by atoms with Crippen molar-refractivity contribution in [3.63, 3.8) is 0 Å². The van der Waals surface area contributed by atoms with Gasteiger partial charge in [-0.3, -0.25) is 0 Å². The van der Waals surface area contributed by atoms with Gasteiger partial charge in [-0.2, -0.15) is 0 Å². The summed E-state index contributed by atoms with van der Waals surface area (Å²) in [6.45, 7) is 11.2. The van der Waals surface area contributed by atoms with Gasteiger partial charge < -0.3 is 10.2 Å². The molecule has 0 bridgehead atoms. The molecule has 0 spiro atoms. The van der Waals surface area contributed by atoms with Crippen LogP contribution < -0.4 is 5.32 Å². The van der Waals surface area contributed by atoms with E-state index in [1.807, 2.05) is 11.3 Å². The molecule has 0 saturated heterocycles. The lowest BCUT2D eigenvalue weighted by molar-refractivity contribution is 0.212. The second-order valence-electron chi connectivity index (χ2n) is 6.38. The Morgan fingerprint density at radius 3 is 2.63 bits per heavy atom. The maximum absolute atomic E-state index is 3.64. The molecular weight excluding hydrogens is 252 g/mol. The van der Waals surface area contributed by atoms with Gasteiger partial charge in [-0.05, 0) is 52.1 Å². The summed E-state index contributed by atoms with van der Waals surface area (Å²) in [6.07, 6.45) is 3.69. The van der Waals surface area contributed by atoms with Gasteiger partial charge in [-0.25, -0.2) is 0 Å². The molecule has 1 heterocycles. The lowest BCUT2D eigenvalue weighted by Gasteiger charge is -2.31. The second-order valence-corrected chi connectivity index (χ2v) is 7.42. The lowest BCUT2D eigenvalue weighted by Crippen LogP contribution is -2.46. The maximum atomic E-state index is 3.64. The quantitative estimate of drug-likeness (QED) is 0.780. The van der Waals surface area contributed by atoms with Crippen molar-refractivity contribution in [2.45, 2.75) is 58.5 Å². The minimum absolute atomic E-state index is 0.209. The second kappa shape index (κ2) is 8.03. The van der Waals surface area contributed by atoms with E-state index in [4.69, 9.17) is 0 Å². The first-order valence-corrected chi connectivity index (χ1v) is 8.28. The summed E-state index contributed by atoms with van der Waals surface area (Å²) in [6, 6.07) is 5.02. The Hall–Kier alpha value is -0.380. The molecule has 3 heteroatoms. The van der Waals surface area contributed by atoms with Gasteiger partial charge in [0.1, 0.15) is 0 Å². The molecule has 110 valence electrons. The third kappa shape index (κ3) is 7.09. The lowest BCUT2D eigenvalue weighted by atomic mass is 10.1. The summed E-state index contributed by atoms with van der Waals surface area (Å²) in [5.74, 6) is 0. The highest BCUT2D eigenvalue weighted by molar-refractivity contribution is 7.09. The summed E-state index contributed by atoms with van der Waals surface area (Å²) in [5, 5.41) is 5.81. The van der Waals surface area contributed by atoms with Gasteiger partial charge in [-0.15, -0.1) is 11.3 Å². The number of rotatable bonds is 8.